The maximum absolute atomic E-state index is 12.8. The highest BCUT2D eigenvalue weighted by Gasteiger charge is 2.27. The predicted molar refractivity (Wildman–Crippen MR) is 96.5 cm³/mol. The highest BCUT2D eigenvalue weighted by molar-refractivity contribution is 5.94. The van der Waals surface area contributed by atoms with Crippen molar-refractivity contribution < 1.29 is 9.53 Å². The molecule has 1 aromatic heterocycles. The molecule has 0 saturated heterocycles. The molecule has 0 N–H and O–H groups in total. The number of carbonyl (C=O) groups excluding carboxylic acids is 1. The molecule has 0 amide bonds. The van der Waals surface area contributed by atoms with E-state index in [1.54, 1.807) is 31.5 Å². The summed E-state index contributed by atoms with van der Waals surface area (Å²) in [5.74, 6) is -0.598. The molecule has 0 fully saturated rings. The molecule has 3 aromatic rings. The molecule has 0 aliphatic heterocycles. The van der Waals surface area contributed by atoms with Crippen LogP contribution in [0.15, 0.2) is 60.8 Å². The Kier molecular flexibility index (Phi) is 4.76. The van der Waals surface area contributed by atoms with Crippen LogP contribution in [0.5, 0.6) is 5.75 Å². The molecule has 25 heavy (non-hydrogen) atoms. The molecule has 1 heterocycles. The molecule has 0 saturated carbocycles. The van der Waals surface area contributed by atoms with Crippen molar-refractivity contribution in [1.29, 1.82) is 5.26 Å². The van der Waals surface area contributed by atoms with Crippen LogP contribution in [0.1, 0.15) is 30.0 Å². The van der Waals surface area contributed by atoms with E-state index in [9.17, 15) is 10.1 Å². The second-order valence-electron chi connectivity index (χ2n) is 5.91. The molecule has 0 unspecified atom stereocenters. The largest absolute Gasteiger partial charge is 0.497 e. The first kappa shape index (κ1) is 16.7. The van der Waals surface area contributed by atoms with Crippen LogP contribution in [0.2, 0.25) is 0 Å². The average Bonchev–Trinajstić information content (AvgIpc) is 2.67. The zero-order chi connectivity index (χ0) is 17.8. The zero-order valence-corrected chi connectivity index (χ0v) is 14.1. The summed E-state index contributed by atoms with van der Waals surface area (Å²) in [4.78, 5) is 17.0. The van der Waals surface area contributed by atoms with Crippen LogP contribution in [0, 0.1) is 11.3 Å². The molecular formula is C21H18N2O2. The smallest absolute Gasteiger partial charge is 0.163 e. The second-order valence-corrected chi connectivity index (χ2v) is 5.91. The van der Waals surface area contributed by atoms with Crippen LogP contribution in [-0.2, 0) is 4.79 Å². The van der Waals surface area contributed by atoms with Gasteiger partial charge in [-0.1, -0.05) is 37.3 Å². The number of Topliss-reactive ketones (excluding diaryl/α,β-unsaturated/α-hetero) is 1. The lowest BCUT2D eigenvalue weighted by Gasteiger charge is -2.15. The summed E-state index contributed by atoms with van der Waals surface area (Å²) in [6, 6.07) is 19.1. The molecule has 0 spiro atoms. The number of hydrogen-bond donors (Lipinski definition) is 0. The number of benzene rings is 2. The SMILES string of the molecule is COc1ccc2cc([C@H](C)C(=O)[C@H](C#N)c3ccccn3)ccc2c1. The maximum atomic E-state index is 12.8. The van der Waals surface area contributed by atoms with Gasteiger partial charge in [0.2, 0.25) is 0 Å². The van der Waals surface area contributed by atoms with Crippen LogP contribution < -0.4 is 4.74 Å². The van der Waals surface area contributed by atoms with Crippen LogP contribution >= 0.6 is 0 Å². The molecule has 2 aromatic carbocycles. The Bertz CT molecular complexity index is 945. The van der Waals surface area contributed by atoms with Crippen molar-refractivity contribution in [3.8, 4) is 11.8 Å². The highest BCUT2D eigenvalue weighted by Crippen LogP contribution is 2.28. The van der Waals surface area contributed by atoms with E-state index >= 15 is 0 Å². The number of pyridine rings is 1. The van der Waals surface area contributed by atoms with E-state index in [1.807, 2.05) is 43.3 Å². The van der Waals surface area contributed by atoms with E-state index in [4.69, 9.17) is 4.74 Å². The summed E-state index contributed by atoms with van der Waals surface area (Å²) in [6.45, 7) is 1.83. The number of methoxy groups -OCH3 is 1. The number of rotatable bonds is 5. The van der Waals surface area contributed by atoms with Crippen molar-refractivity contribution in [2.45, 2.75) is 18.8 Å². The number of fused-ring (bicyclic) bond motifs is 1. The van der Waals surface area contributed by atoms with Crippen molar-refractivity contribution in [3.63, 3.8) is 0 Å². The lowest BCUT2D eigenvalue weighted by atomic mass is 9.86. The Morgan fingerprint density at radius 3 is 2.56 bits per heavy atom. The van der Waals surface area contributed by atoms with Gasteiger partial charge in [-0.15, -0.1) is 0 Å². The third kappa shape index (κ3) is 3.36. The monoisotopic (exact) mass is 330 g/mol. The number of nitrogens with zero attached hydrogens (tertiary/aromatic N) is 2. The van der Waals surface area contributed by atoms with Gasteiger partial charge in [0.1, 0.15) is 11.7 Å². The molecule has 2 atom stereocenters. The molecule has 3 rings (SSSR count). The zero-order valence-electron chi connectivity index (χ0n) is 14.1. The lowest BCUT2D eigenvalue weighted by molar-refractivity contribution is -0.120. The molecule has 0 bridgehead atoms. The normalized spacial score (nSPS) is 13.0. The van der Waals surface area contributed by atoms with Gasteiger partial charge in [0.25, 0.3) is 0 Å². The first-order valence-corrected chi connectivity index (χ1v) is 8.06. The first-order valence-electron chi connectivity index (χ1n) is 8.06. The van der Waals surface area contributed by atoms with Gasteiger partial charge < -0.3 is 4.74 Å². The van der Waals surface area contributed by atoms with Gasteiger partial charge in [-0.05, 0) is 40.6 Å². The van der Waals surface area contributed by atoms with Gasteiger partial charge in [-0.2, -0.15) is 5.26 Å². The minimum Gasteiger partial charge on any atom is -0.497 e. The lowest BCUT2D eigenvalue weighted by Crippen LogP contribution is -2.18. The van der Waals surface area contributed by atoms with Gasteiger partial charge in [-0.3, -0.25) is 9.78 Å². The van der Waals surface area contributed by atoms with Crippen molar-refractivity contribution in [1.82, 2.24) is 4.98 Å². The average molecular weight is 330 g/mol. The molecule has 124 valence electrons. The standard InChI is InChI=1S/C21H18N2O2/c1-14(21(24)19(13-22)20-5-3-4-10-23-20)15-6-7-17-12-18(25-2)9-8-16(17)11-15/h3-12,14,19H,1-2H3/t14-,19+/m0/s1. The Balaban J connectivity index is 1.91. The number of ether oxygens (including phenoxy) is 1. The summed E-state index contributed by atoms with van der Waals surface area (Å²) in [6.07, 6.45) is 1.60. The number of ketones is 1. The fourth-order valence-corrected chi connectivity index (χ4v) is 2.88. The Hall–Kier alpha value is -3.19. The first-order chi connectivity index (χ1) is 12.1. The predicted octanol–water partition coefficient (Wildman–Crippen LogP) is 4.22. The number of hydrogen-bond acceptors (Lipinski definition) is 4. The third-order valence-corrected chi connectivity index (χ3v) is 4.40. The van der Waals surface area contributed by atoms with E-state index in [-0.39, 0.29) is 5.78 Å². The summed E-state index contributed by atoms with van der Waals surface area (Å²) in [5, 5.41) is 11.5. The van der Waals surface area contributed by atoms with Crippen LogP contribution in [0.25, 0.3) is 10.8 Å². The number of carbonyl (C=O) groups is 1. The molecule has 0 radical (unpaired) electrons. The summed E-state index contributed by atoms with van der Waals surface area (Å²) >= 11 is 0. The Morgan fingerprint density at radius 1 is 1.12 bits per heavy atom. The summed E-state index contributed by atoms with van der Waals surface area (Å²) in [5.41, 5.74) is 1.38. The second kappa shape index (κ2) is 7.14. The van der Waals surface area contributed by atoms with Gasteiger partial charge in [0.05, 0.1) is 18.9 Å². The van der Waals surface area contributed by atoms with Crippen molar-refractivity contribution in [2.75, 3.05) is 7.11 Å². The molecular weight excluding hydrogens is 312 g/mol. The fourth-order valence-electron chi connectivity index (χ4n) is 2.88. The third-order valence-electron chi connectivity index (χ3n) is 4.40. The van der Waals surface area contributed by atoms with Crippen molar-refractivity contribution in [3.05, 3.63) is 72.1 Å². The summed E-state index contributed by atoms with van der Waals surface area (Å²) < 4.78 is 5.24. The van der Waals surface area contributed by atoms with Crippen molar-refractivity contribution in [2.24, 2.45) is 0 Å². The number of aromatic nitrogens is 1. The van der Waals surface area contributed by atoms with Crippen LogP contribution in [0.4, 0.5) is 0 Å². The van der Waals surface area contributed by atoms with E-state index in [0.29, 0.717) is 5.69 Å². The Morgan fingerprint density at radius 2 is 1.88 bits per heavy atom. The van der Waals surface area contributed by atoms with Crippen molar-refractivity contribution >= 4 is 16.6 Å². The Labute approximate surface area is 146 Å². The van der Waals surface area contributed by atoms with E-state index in [0.717, 1.165) is 22.1 Å². The van der Waals surface area contributed by atoms with Gasteiger partial charge in [0, 0.05) is 12.1 Å². The van der Waals surface area contributed by atoms with Gasteiger partial charge >= 0.3 is 0 Å². The molecule has 0 aliphatic carbocycles. The molecule has 4 heteroatoms. The van der Waals surface area contributed by atoms with Gasteiger partial charge in [-0.25, -0.2) is 0 Å². The van der Waals surface area contributed by atoms with Crippen LogP contribution in [-0.4, -0.2) is 17.9 Å². The van der Waals surface area contributed by atoms with Gasteiger partial charge in [0.15, 0.2) is 5.78 Å². The van der Waals surface area contributed by atoms with E-state index < -0.39 is 11.8 Å². The molecule has 4 nitrogen and oxygen atoms in total. The topological polar surface area (TPSA) is 63.0 Å². The molecule has 0 aliphatic rings. The van der Waals surface area contributed by atoms with E-state index in [2.05, 4.69) is 11.1 Å². The quantitative estimate of drug-likeness (QED) is 0.702. The van der Waals surface area contributed by atoms with E-state index in [1.165, 1.54) is 0 Å². The minimum atomic E-state index is -0.859. The highest BCUT2D eigenvalue weighted by atomic mass is 16.5. The minimum absolute atomic E-state index is 0.144. The number of nitriles is 1. The maximum Gasteiger partial charge on any atom is 0.163 e. The summed E-state index contributed by atoms with van der Waals surface area (Å²) in [7, 11) is 1.63. The van der Waals surface area contributed by atoms with Crippen LogP contribution in [0.3, 0.4) is 0 Å². The fraction of sp³-hybridized carbons (Fsp3) is 0.190.